The minimum Gasteiger partial charge on any atom is -0.461 e. The molecule has 2 aliphatic heterocycles. The third-order valence-corrected chi connectivity index (χ3v) is 10.2. The van der Waals surface area contributed by atoms with Crippen molar-refractivity contribution in [1.29, 1.82) is 0 Å². The average Bonchev–Trinajstić information content (AvgIpc) is 3.67. The van der Waals surface area contributed by atoms with E-state index in [1.807, 2.05) is 0 Å². The molecule has 0 spiro atoms. The summed E-state index contributed by atoms with van der Waals surface area (Å²) in [5.41, 5.74) is 1.67. The molecule has 284 valence electrons. The summed E-state index contributed by atoms with van der Waals surface area (Å²) in [6, 6.07) is 6.63. The summed E-state index contributed by atoms with van der Waals surface area (Å²) in [6.07, 6.45) is 1.12. The van der Waals surface area contributed by atoms with Gasteiger partial charge in [-0.25, -0.2) is 14.0 Å². The van der Waals surface area contributed by atoms with Crippen molar-refractivity contribution in [3.63, 3.8) is 0 Å². The fourth-order valence-electron chi connectivity index (χ4n) is 7.49. The molecule has 2 fully saturated rings. The van der Waals surface area contributed by atoms with Crippen molar-refractivity contribution in [2.45, 2.75) is 69.6 Å². The molecule has 1 saturated carbocycles. The number of anilines is 3. The standard InChI is InChI=1S/C38H38F4N6O6/c1-21-16-23(47-14-15-53-20-31(47)38(40,41)42)18-27(39)32(21)34(49)45-28(36(51)54-24-6-3-4-7-24)17-22-9-10-29(33-25(22)8-5-12-44-33)48-35(50)26-11-13-43-19-30(26)46(2)37(48)52/h5,8-13,16,18-19,24,28,31,35,50H,3-4,6-7,14-15,17,20H2,1-2H3,(H,45,49)/t28-,31+,35?/m0/s1. The Hall–Kier alpha value is -5.35. The molecule has 0 bridgehead atoms. The number of aliphatic hydroxyl groups excluding tert-OH is 1. The number of hydrogen-bond donors (Lipinski definition) is 2. The molecule has 1 unspecified atom stereocenters. The Bertz CT molecular complexity index is 2070. The number of aromatic nitrogens is 2. The molecule has 1 aliphatic carbocycles. The summed E-state index contributed by atoms with van der Waals surface area (Å²) in [7, 11) is 1.56. The zero-order valence-corrected chi connectivity index (χ0v) is 29.5. The second-order valence-corrected chi connectivity index (χ2v) is 13.7. The van der Waals surface area contributed by atoms with Crippen LogP contribution >= 0.6 is 0 Å². The number of alkyl halides is 3. The quantitative estimate of drug-likeness (QED) is 0.171. The topological polar surface area (TPSA) is 137 Å². The molecule has 2 aromatic heterocycles. The SMILES string of the molecule is Cc1cc(N2CCOC[C@@H]2C(F)(F)F)cc(F)c1C(=O)N[C@@H](Cc1ccc(N2C(=O)N(C)c3cnccc3C2O)c2ncccc12)C(=O)OC1CCCC1. The number of benzene rings is 2. The Morgan fingerprint density at radius 1 is 1.11 bits per heavy atom. The number of amides is 3. The predicted molar refractivity (Wildman–Crippen MR) is 190 cm³/mol. The van der Waals surface area contributed by atoms with E-state index in [0.717, 1.165) is 23.8 Å². The Kier molecular flexibility index (Phi) is 10.2. The number of esters is 1. The van der Waals surface area contributed by atoms with Crippen molar-refractivity contribution in [2.24, 2.45) is 0 Å². The number of aliphatic hydroxyl groups is 1. The van der Waals surface area contributed by atoms with Crippen LogP contribution in [0.1, 0.15) is 59.0 Å². The second kappa shape index (κ2) is 14.8. The molecule has 0 radical (unpaired) electrons. The van der Waals surface area contributed by atoms with E-state index in [-0.39, 0.29) is 36.9 Å². The molecular weight excluding hydrogens is 712 g/mol. The molecule has 2 aromatic carbocycles. The molecule has 4 heterocycles. The number of carbonyl (C=O) groups is 3. The van der Waals surface area contributed by atoms with E-state index in [1.54, 1.807) is 37.4 Å². The first kappa shape index (κ1) is 37.0. The van der Waals surface area contributed by atoms with Crippen LogP contribution in [0.4, 0.5) is 39.4 Å². The Labute approximate surface area is 307 Å². The van der Waals surface area contributed by atoms with Gasteiger partial charge in [-0.15, -0.1) is 0 Å². The highest BCUT2D eigenvalue weighted by atomic mass is 19.4. The van der Waals surface area contributed by atoms with Crippen molar-refractivity contribution in [2.75, 3.05) is 41.5 Å². The van der Waals surface area contributed by atoms with Gasteiger partial charge in [0.15, 0.2) is 6.23 Å². The van der Waals surface area contributed by atoms with E-state index in [4.69, 9.17) is 9.47 Å². The zero-order valence-electron chi connectivity index (χ0n) is 29.5. The number of halogens is 4. The van der Waals surface area contributed by atoms with Gasteiger partial charge in [0.1, 0.15) is 24.0 Å². The van der Waals surface area contributed by atoms with E-state index in [2.05, 4.69) is 15.3 Å². The molecule has 3 atom stereocenters. The number of hydrogen-bond acceptors (Lipinski definition) is 9. The minimum atomic E-state index is -4.63. The first-order chi connectivity index (χ1) is 25.8. The van der Waals surface area contributed by atoms with Crippen LogP contribution in [0.25, 0.3) is 10.9 Å². The number of nitrogens with one attached hydrogen (secondary N) is 1. The van der Waals surface area contributed by atoms with Crippen LogP contribution in [0.3, 0.4) is 0 Å². The number of aryl methyl sites for hydroxylation is 1. The minimum absolute atomic E-state index is 0.0170. The summed E-state index contributed by atoms with van der Waals surface area (Å²) in [5, 5.41) is 14.5. The number of nitrogens with zero attached hydrogens (tertiary/aromatic N) is 5. The molecule has 4 aromatic rings. The molecule has 16 heteroatoms. The monoisotopic (exact) mass is 750 g/mol. The highest BCUT2D eigenvalue weighted by molar-refractivity contribution is 6.10. The first-order valence-electron chi connectivity index (χ1n) is 17.6. The lowest BCUT2D eigenvalue weighted by Crippen LogP contribution is -2.53. The van der Waals surface area contributed by atoms with E-state index < -0.39 is 60.4 Å². The van der Waals surface area contributed by atoms with Crippen LogP contribution in [-0.4, -0.2) is 84.2 Å². The van der Waals surface area contributed by atoms with Crippen molar-refractivity contribution >= 4 is 45.9 Å². The normalized spacial score (nSPS) is 19.9. The number of ether oxygens (including phenoxy) is 2. The number of carbonyl (C=O) groups excluding carboxylic acids is 3. The average molecular weight is 751 g/mol. The Morgan fingerprint density at radius 2 is 1.89 bits per heavy atom. The van der Waals surface area contributed by atoms with Crippen molar-refractivity contribution < 1.29 is 46.5 Å². The number of urea groups is 1. The van der Waals surface area contributed by atoms with Gasteiger partial charge in [-0.3, -0.25) is 24.6 Å². The predicted octanol–water partition coefficient (Wildman–Crippen LogP) is 5.74. The van der Waals surface area contributed by atoms with Crippen LogP contribution in [0.15, 0.2) is 61.1 Å². The molecular formula is C38H38F4N6O6. The fraction of sp³-hybridized carbons (Fsp3) is 0.395. The van der Waals surface area contributed by atoms with E-state index in [9.17, 15) is 32.7 Å². The van der Waals surface area contributed by atoms with Gasteiger partial charge in [-0.2, -0.15) is 13.2 Å². The second-order valence-electron chi connectivity index (χ2n) is 13.7. The van der Waals surface area contributed by atoms with Gasteiger partial charge in [0.2, 0.25) is 0 Å². The summed E-state index contributed by atoms with van der Waals surface area (Å²) in [6.45, 7) is 0.692. The molecule has 1 saturated heterocycles. The Morgan fingerprint density at radius 3 is 2.63 bits per heavy atom. The summed E-state index contributed by atoms with van der Waals surface area (Å²) in [4.78, 5) is 53.3. The number of pyridine rings is 2. The summed E-state index contributed by atoms with van der Waals surface area (Å²) < 4.78 is 68.0. The third-order valence-electron chi connectivity index (χ3n) is 10.2. The molecule has 12 nitrogen and oxygen atoms in total. The van der Waals surface area contributed by atoms with Gasteiger partial charge in [-0.05, 0) is 74.1 Å². The fourth-order valence-corrected chi connectivity index (χ4v) is 7.49. The third kappa shape index (κ3) is 7.02. The number of rotatable bonds is 8. The van der Waals surface area contributed by atoms with E-state index >= 15 is 4.39 Å². The Balaban J connectivity index is 1.20. The number of morpholine rings is 1. The summed E-state index contributed by atoms with van der Waals surface area (Å²) >= 11 is 0. The van der Waals surface area contributed by atoms with Gasteiger partial charge < -0.3 is 24.8 Å². The van der Waals surface area contributed by atoms with Crippen LogP contribution in [-0.2, 0) is 20.7 Å². The van der Waals surface area contributed by atoms with Crippen LogP contribution in [0.2, 0.25) is 0 Å². The highest BCUT2D eigenvalue weighted by Crippen LogP contribution is 2.40. The molecule has 54 heavy (non-hydrogen) atoms. The van der Waals surface area contributed by atoms with Crippen molar-refractivity contribution in [1.82, 2.24) is 15.3 Å². The zero-order chi connectivity index (χ0) is 38.3. The van der Waals surface area contributed by atoms with Gasteiger partial charge >= 0.3 is 18.2 Å². The van der Waals surface area contributed by atoms with Gasteiger partial charge in [0.05, 0.1) is 41.9 Å². The summed E-state index contributed by atoms with van der Waals surface area (Å²) in [5.74, 6) is -2.73. The molecule has 3 aliphatic rings. The van der Waals surface area contributed by atoms with Crippen LogP contribution < -0.4 is 20.0 Å². The first-order valence-corrected chi connectivity index (χ1v) is 17.6. The largest absolute Gasteiger partial charge is 0.461 e. The van der Waals surface area contributed by atoms with Gasteiger partial charge in [-0.1, -0.05) is 12.1 Å². The van der Waals surface area contributed by atoms with Crippen LogP contribution in [0.5, 0.6) is 0 Å². The van der Waals surface area contributed by atoms with E-state index in [1.165, 1.54) is 41.4 Å². The molecule has 3 amide bonds. The molecule has 7 rings (SSSR count). The van der Waals surface area contributed by atoms with Crippen molar-refractivity contribution in [3.05, 3.63) is 89.1 Å². The molecule has 2 N–H and O–H groups in total. The lowest BCUT2D eigenvalue weighted by atomic mass is 9.98. The maximum absolute atomic E-state index is 15.8. The number of fused-ring (bicyclic) bond motifs is 2. The van der Waals surface area contributed by atoms with E-state index in [0.29, 0.717) is 46.2 Å². The maximum atomic E-state index is 15.8. The van der Waals surface area contributed by atoms with Crippen LogP contribution in [0, 0.1) is 12.7 Å². The van der Waals surface area contributed by atoms with Gasteiger partial charge in [0.25, 0.3) is 5.91 Å². The maximum Gasteiger partial charge on any atom is 0.411 e. The smallest absolute Gasteiger partial charge is 0.411 e. The lowest BCUT2D eigenvalue weighted by Gasteiger charge is -2.38. The highest BCUT2D eigenvalue weighted by Gasteiger charge is 2.46. The lowest BCUT2D eigenvalue weighted by molar-refractivity contribution is -0.167. The van der Waals surface area contributed by atoms with Gasteiger partial charge in [0, 0.05) is 49.0 Å². The van der Waals surface area contributed by atoms with Crippen molar-refractivity contribution in [3.8, 4) is 0 Å².